The second kappa shape index (κ2) is 8.41. The molecule has 0 aliphatic rings. The molecule has 0 radical (unpaired) electrons. The number of thioether (sulfide) groups is 1. The minimum Gasteiger partial charge on any atom is -0.486 e. The number of aromatic nitrogens is 3. The molecule has 0 bridgehead atoms. The van der Waals surface area contributed by atoms with Crippen molar-refractivity contribution < 1.29 is 4.74 Å². The first-order valence-corrected chi connectivity index (χ1v) is 9.48. The van der Waals surface area contributed by atoms with Crippen molar-refractivity contribution in [2.75, 3.05) is 0 Å². The molecule has 0 fully saturated rings. The summed E-state index contributed by atoms with van der Waals surface area (Å²) in [6.07, 6.45) is 1.07. The van der Waals surface area contributed by atoms with Crippen molar-refractivity contribution in [3.8, 4) is 11.4 Å². The molecule has 6 heteroatoms. The molecule has 1 heterocycles. The summed E-state index contributed by atoms with van der Waals surface area (Å²) in [6, 6.07) is 17.4. The second-order valence-electron chi connectivity index (χ2n) is 5.65. The molecule has 25 heavy (non-hydrogen) atoms. The highest BCUT2D eigenvalue weighted by molar-refractivity contribution is 7.99. The zero-order valence-corrected chi connectivity index (χ0v) is 15.8. The summed E-state index contributed by atoms with van der Waals surface area (Å²) < 4.78 is 7.92. The van der Waals surface area contributed by atoms with Crippen LogP contribution in [0.5, 0.6) is 5.75 Å². The Morgan fingerprint density at radius 1 is 1.08 bits per heavy atom. The van der Waals surface area contributed by atoms with Gasteiger partial charge in [0.1, 0.15) is 12.4 Å². The van der Waals surface area contributed by atoms with E-state index in [9.17, 15) is 0 Å². The molecule has 0 aliphatic heterocycles. The highest BCUT2D eigenvalue weighted by Crippen LogP contribution is 2.27. The summed E-state index contributed by atoms with van der Waals surface area (Å²) in [6.45, 7) is 4.70. The van der Waals surface area contributed by atoms with Gasteiger partial charge in [0, 0.05) is 16.0 Å². The Morgan fingerprint density at radius 3 is 2.48 bits per heavy atom. The van der Waals surface area contributed by atoms with Crippen LogP contribution in [-0.2, 0) is 6.61 Å². The Hall–Kier alpha value is -1.98. The molecule has 0 spiro atoms. The molecule has 0 amide bonds. The summed E-state index contributed by atoms with van der Waals surface area (Å²) in [7, 11) is 0. The highest BCUT2D eigenvalue weighted by atomic mass is 35.5. The summed E-state index contributed by atoms with van der Waals surface area (Å²) >= 11 is 7.64. The minimum atomic E-state index is 0.338. The fraction of sp³-hybridized carbons (Fsp3) is 0.263. The lowest BCUT2D eigenvalue weighted by Gasteiger charge is -2.13. The predicted octanol–water partition coefficient (Wildman–Crippen LogP) is 5.39. The van der Waals surface area contributed by atoms with Gasteiger partial charge in [-0.1, -0.05) is 55.4 Å². The number of para-hydroxylation sites is 1. The Bertz CT molecular complexity index is 805. The zero-order chi connectivity index (χ0) is 17.6. The maximum Gasteiger partial charge on any atom is 0.196 e. The number of nitrogens with zero attached hydrogens (tertiary/aromatic N) is 3. The van der Waals surface area contributed by atoms with E-state index in [0.29, 0.717) is 16.9 Å². The average molecular weight is 374 g/mol. The Morgan fingerprint density at radius 2 is 1.80 bits per heavy atom. The van der Waals surface area contributed by atoms with Gasteiger partial charge in [0.2, 0.25) is 0 Å². The fourth-order valence-electron chi connectivity index (χ4n) is 2.25. The van der Waals surface area contributed by atoms with Crippen molar-refractivity contribution in [2.24, 2.45) is 0 Å². The van der Waals surface area contributed by atoms with Gasteiger partial charge in [-0.2, -0.15) is 0 Å². The van der Waals surface area contributed by atoms with Crippen LogP contribution in [0.1, 0.15) is 26.1 Å². The van der Waals surface area contributed by atoms with Gasteiger partial charge in [-0.05, 0) is 42.8 Å². The first-order chi connectivity index (χ1) is 12.2. The normalized spacial score (nSPS) is 12.1. The molecular weight excluding hydrogens is 354 g/mol. The fourth-order valence-corrected chi connectivity index (χ4v) is 3.31. The van der Waals surface area contributed by atoms with Crippen molar-refractivity contribution in [3.63, 3.8) is 0 Å². The lowest BCUT2D eigenvalue weighted by atomic mass is 10.3. The van der Waals surface area contributed by atoms with Crippen LogP contribution in [0.15, 0.2) is 59.8 Å². The number of benzene rings is 2. The topological polar surface area (TPSA) is 39.9 Å². The Kier molecular flexibility index (Phi) is 6.00. The maximum absolute atomic E-state index is 5.91. The third kappa shape index (κ3) is 4.55. The van der Waals surface area contributed by atoms with Crippen LogP contribution in [0.2, 0.25) is 5.02 Å². The van der Waals surface area contributed by atoms with Gasteiger partial charge in [0.05, 0.1) is 0 Å². The molecule has 4 nitrogen and oxygen atoms in total. The van der Waals surface area contributed by atoms with Gasteiger partial charge in [-0.15, -0.1) is 10.2 Å². The van der Waals surface area contributed by atoms with E-state index < -0.39 is 0 Å². The van der Waals surface area contributed by atoms with Crippen molar-refractivity contribution in [2.45, 2.75) is 37.3 Å². The molecule has 130 valence electrons. The number of ether oxygens (including phenoxy) is 1. The van der Waals surface area contributed by atoms with Crippen LogP contribution >= 0.6 is 23.4 Å². The molecule has 3 aromatic rings. The SMILES string of the molecule is CCC(C)Sc1nnc(COc2ccc(Cl)cc2)n1-c1ccccc1. The largest absolute Gasteiger partial charge is 0.486 e. The third-order valence-electron chi connectivity index (χ3n) is 3.78. The molecule has 0 saturated carbocycles. The van der Waals surface area contributed by atoms with E-state index in [-0.39, 0.29) is 0 Å². The van der Waals surface area contributed by atoms with E-state index in [1.807, 2.05) is 42.5 Å². The molecule has 1 aromatic heterocycles. The highest BCUT2D eigenvalue weighted by Gasteiger charge is 2.16. The van der Waals surface area contributed by atoms with Crippen LogP contribution < -0.4 is 4.74 Å². The van der Waals surface area contributed by atoms with E-state index in [1.54, 1.807) is 11.8 Å². The standard InChI is InChI=1S/C19H20ClN3OS/c1-3-14(2)25-19-22-21-18(23(19)16-7-5-4-6-8-16)13-24-17-11-9-15(20)10-12-17/h4-12,14H,3,13H2,1-2H3. The van der Waals surface area contributed by atoms with Gasteiger partial charge >= 0.3 is 0 Å². The molecule has 0 N–H and O–H groups in total. The lowest BCUT2D eigenvalue weighted by molar-refractivity contribution is 0.293. The minimum absolute atomic E-state index is 0.338. The van der Waals surface area contributed by atoms with Crippen molar-refractivity contribution in [3.05, 3.63) is 65.4 Å². The van der Waals surface area contributed by atoms with Gasteiger partial charge in [0.25, 0.3) is 0 Å². The lowest BCUT2D eigenvalue weighted by Crippen LogP contribution is -2.07. The van der Waals surface area contributed by atoms with Crippen LogP contribution in [0.4, 0.5) is 0 Å². The van der Waals surface area contributed by atoms with Crippen molar-refractivity contribution in [1.29, 1.82) is 0 Å². The molecule has 0 saturated heterocycles. The van der Waals surface area contributed by atoms with E-state index in [1.165, 1.54) is 0 Å². The van der Waals surface area contributed by atoms with Crippen LogP contribution in [0.3, 0.4) is 0 Å². The van der Waals surface area contributed by atoms with E-state index >= 15 is 0 Å². The van der Waals surface area contributed by atoms with Crippen LogP contribution in [-0.4, -0.2) is 20.0 Å². The predicted molar refractivity (Wildman–Crippen MR) is 103 cm³/mol. The van der Waals surface area contributed by atoms with E-state index in [4.69, 9.17) is 16.3 Å². The second-order valence-corrected chi connectivity index (χ2v) is 7.49. The van der Waals surface area contributed by atoms with Gasteiger partial charge in [-0.25, -0.2) is 0 Å². The molecule has 2 aromatic carbocycles. The monoisotopic (exact) mass is 373 g/mol. The summed E-state index contributed by atoms with van der Waals surface area (Å²) in [5.41, 5.74) is 1.04. The zero-order valence-electron chi connectivity index (χ0n) is 14.2. The van der Waals surface area contributed by atoms with Crippen molar-refractivity contribution in [1.82, 2.24) is 14.8 Å². The Labute approximate surface area is 157 Å². The van der Waals surface area contributed by atoms with Crippen LogP contribution in [0.25, 0.3) is 5.69 Å². The number of halogens is 1. The summed E-state index contributed by atoms with van der Waals surface area (Å²) in [5.74, 6) is 1.52. The number of hydrogen-bond acceptors (Lipinski definition) is 4. The molecule has 1 unspecified atom stereocenters. The quantitative estimate of drug-likeness (QED) is 0.520. The number of rotatable bonds is 7. The first-order valence-electron chi connectivity index (χ1n) is 8.22. The van der Waals surface area contributed by atoms with Gasteiger partial charge in [-0.3, -0.25) is 4.57 Å². The molecule has 0 aliphatic carbocycles. The Balaban J connectivity index is 1.86. The van der Waals surface area contributed by atoms with Gasteiger partial charge in [0.15, 0.2) is 11.0 Å². The molecule has 3 rings (SSSR count). The third-order valence-corrected chi connectivity index (χ3v) is 5.24. The van der Waals surface area contributed by atoms with Crippen molar-refractivity contribution >= 4 is 23.4 Å². The summed E-state index contributed by atoms with van der Waals surface area (Å²) in [4.78, 5) is 0. The molecule has 1 atom stereocenters. The van der Waals surface area contributed by atoms with E-state index in [2.05, 4.69) is 40.7 Å². The molecular formula is C19H20ClN3OS. The van der Waals surface area contributed by atoms with Crippen LogP contribution in [0, 0.1) is 0 Å². The maximum atomic E-state index is 5.91. The average Bonchev–Trinajstić information content (AvgIpc) is 3.04. The smallest absolute Gasteiger partial charge is 0.196 e. The van der Waals surface area contributed by atoms with E-state index in [0.717, 1.165) is 28.8 Å². The first kappa shape index (κ1) is 17.8. The number of hydrogen-bond donors (Lipinski definition) is 0. The summed E-state index contributed by atoms with van der Waals surface area (Å²) in [5, 5.41) is 10.8. The van der Waals surface area contributed by atoms with Gasteiger partial charge < -0.3 is 4.74 Å².